The van der Waals surface area contributed by atoms with Crippen molar-refractivity contribution in [1.82, 2.24) is 5.32 Å². The highest BCUT2D eigenvalue weighted by molar-refractivity contribution is 5.88. The lowest BCUT2D eigenvalue weighted by Gasteiger charge is -2.20. The molecule has 4 nitrogen and oxygen atoms in total. The Labute approximate surface area is 114 Å². The Morgan fingerprint density at radius 2 is 1.90 bits per heavy atom. The smallest absolute Gasteiger partial charge is 0.349 e. The van der Waals surface area contributed by atoms with Gasteiger partial charge in [-0.2, -0.15) is 8.78 Å². The first-order valence-corrected chi connectivity index (χ1v) is 6.38. The minimum Gasteiger partial charge on any atom is -0.480 e. The van der Waals surface area contributed by atoms with Gasteiger partial charge in [-0.3, -0.25) is 4.79 Å². The number of nitrogens with one attached hydrogen (secondary N) is 1. The number of carboxylic acids is 1. The number of amides is 1. The lowest BCUT2D eigenvalue weighted by atomic mass is 10.1. The summed E-state index contributed by atoms with van der Waals surface area (Å²) in [5.74, 6) is -6.38. The number of carbonyl (C=O) groups excluding carboxylic acids is 1. The van der Waals surface area contributed by atoms with Crippen molar-refractivity contribution in [3.05, 3.63) is 35.9 Å². The molecular weight excluding hydrogens is 268 g/mol. The van der Waals surface area contributed by atoms with Gasteiger partial charge in [-0.1, -0.05) is 43.2 Å². The molecule has 1 aromatic carbocycles. The van der Waals surface area contributed by atoms with Gasteiger partial charge < -0.3 is 10.4 Å². The maximum atomic E-state index is 13.9. The van der Waals surface area contributed by atoms with Gasteiger partial charge in [0.1, 0.15) is 6.04 Å². The largest absolute Gasteiger partial charge is 0.480 e. The second-order valence-corrected chi connectivity index (χ2v) is 4.98. The van der Waals surface area contributed by atoms with Crippen LogP contribution in [-0.4, -0.2) is 23.0 Å². The summed E-state index contributed by atoms with van der Waals surface area (Å²) in [4.78, 5) is 22.7. The quantitative estimate of drug-likeness (QED) is 0.840. The number of carbonyl (C=O) groups is 2. The van der Waals surface area contributed by atoms with E-state index in [9.17, 15) is 18.4 Å². The van der Waals surface area contributed by atoms with Crippen molar-refractivity contribution < 1.29 is 23.5 Å². The van der Waals surface area contributed by atoms with Crippen LogP contribution in [0.3, 0.4) is 0 Å². The van der Waals surface area contributed by atoms with Gasteiger partial charge in [0.2, 0.25) is 0 Å². The van der Waals surface area contributed by atoms with Gasteiger partial charge in [0.05, 0.1) is 0 Å². The minimum atomic E-state index is -3.74. The number of hydrogen-bond acceptors (Lipinski definition) is 2. The van der Waals surface area contributed by atoms with Crippen LogP contribution in [0, 0.1) is 5.92 Å². The Kier molecular flexibility index (Phi) is 4.01. The molecule has 20 heavy (non-hydrogen) atoms. The van der Waals surface area contributed by atoms with Crippen molar-refractivity contribution in [2.45, 2.75) is 31.2 Å². The SMILES string of the molecule is O=C(O)C(CC1CC1)NC(=O)C(F)(F)c1ccccc1. The van der Waals surface area contributed by atoms with E-state index in [2.05, 4.69) is 0 Å². The predicted octanol–water partition coefficient (Wildman–Crippen LogP) is 2.15. The summed E-state index contributed by atoms with van der Waals surface area (Å²) in [6.07, 6.45) is 1.97. The van der Waals surface area contributed by atoms with Crippen LogP contribution in [-0.2, 0) is 15.5 Å². The van der Waals surface area contributed by atoms with Gasteiger partial charge >= 0.3 is 11.9 Å². The summed E-state index contributed by atoms with van der Waals surface area (Å²) in [7, 11) is 0. The fourth-order valence-electron chi connectivity index (χ4n) is 1.94. The average molecular weight is 283 g/mol. The van der Waals surface area contributed by atoms with E-state index in [-0.39, 0.29) is 12.3 Å². The first kappa shape index (κ1) is 14.4. The number of alkyl halides is 2. The van der Waals surface area contributed by atoms with Crippen molar-refractivity contribution in [3.63, 3.8) is 0 Å². The zero-order valence-corrected chi connectivity index (χ0v) is 10.7. The van der Waals surface area contributed by atoms with E-state index in [0.29, 0.717) is 0 Å². The fraction of sp³-hybridized carbons (Fsp3) is 0.429. The Bertz CT molecular complexity index is 500. The van der Waals surface area contributed by atoms with Gasteiger partial charge in [-0.25, -0.2) is 4.79 Å². The van der Waals surface area contributed by atoms with E-state index >= 15 is 0 Å². The maximum absolute atomic E-state index is 13.9. The van der Waals surface area contributed by atoms with Crippen molar-refractivity contribution in [1.29, 1.82) is 0 Å². The monoisotopic (exact) mass is 283 g/mol. The molecule has 0 bridgehead atoms. The van der Waals surface area contributed by atoms with Crippen molar-refractivity contribution in [2.75, 3.05) is 0 Å². The minimum absolute atomic E-state index is 0.200. The van der Waals surface area contributed by atoms with Crippen LogP contribution in [0.5, 0.6) is 0 Å². The van der Waals surface area contributed by atoms with E-state index in [0.717, 1.165) is 25.0 Å². The maximum Gasteiger partial charge on any atom is 0.349 e. The van der Waals surface area contributed by atoms with Crippen LogP contribution < -0.4 is 5.32 Å². The third-order valence-electron chi connectivity index (χ3n) is 3.29. The Hall–Kier alpha value is -1.98. The molecule has 0 aromatic heterocycles. The number of hydrogen-bond donors (Lipinski definition) is 2. The van der Waals surface area contributed by atoms with Gasteiger partial charge in [0, 0.05) is 5.56 Å². The molecule has 0 radical (unpaired) electrons. The van der Waals surface area contributed by atoms with Crippen molar-refractivity contribution in [2.24, 2.45) is 5.92 Å². The molecule has 1 saturated carbocycles. The van der Waals surface area contributed by atoms with Crippen LogP contribution in [0.2, 0.25) is 0 Å². The molecule has 1 aromatic rings. The lowest BCUT2D eigenvalue weighted by molar-refractivity contribution is -0.152. The summed E-state index contributed by atoms with van der Waals surface area (Å²) in [5.41, 5.74) is -0.451. The summed E-state index contributed by atoms with van der Waals surface area (Å²) in [6.45, 7) is 0. The van der Waals surface area contributed by atoms with E-state index in [4.69, 9.17) is 5.11 Å². The molecule has 1 aliphatic rings. The van der Waals surface area contributed by atoms with E-state index < -0.39 is 29.4 Å². The van der Waals surface area contributed by atoms with Gasteiger partial charge in [0.25, 0.3) is 5.91 Å². The topological polar surface area (TPSA) is 66.4 Å². The molecule has 0 saturated heterocycles. The molecule has 0 heterocycles. The van der Waals surface area contributed by atoms with Gasteiger partial charge in [-0.05, 0) is 12.3 Å². The fourth-order valence-corrected chi connectivity index (χ4v) is 1.94. The first-order chi connectivity index (χ1) is 9.41. The molecule has 1 unspecified atom stereocenters. The van der Waals surface area contributed by atoms with Crippen LogP contribution in [0.15, 0.2) is 30.3 Å². The summed E-state index contributed by atoms with van der Waals surface area (Å²) in [6, 6.07) is 5.37. The molecule has 2 rings (SSSR count). The Morgan fingerprint density at radius 3 is 2.40 bits per heavy atom. The highest BCUT2D eigenvalue weighted by Crippen LogP contribution is 2.34. The standard InChI is InChI=1S/C14H15F2NO3/c15-14(16,10-4-2-1-3-5-10)13(20)17-11(12(18)19)8-9-6-7-9/h1-5,9,11H,6-8H2,(H,17,20)(H,18,19). The third-order valence-corrected chi connectivity index (χ3v) is 3.29. The molecule has 0 aliphatic heterocycles. The molecule has 1 aliphatic carbocycles. The second-order valence-electron chi connectivity index (χ2n) is 4.98. The molecule has 1 fully saturated rings. The number of benzene rings is 1. The summed E-state index contributed by atoms with van der Waals surface area (Å²) < 4.78 is 27.8. The lowest BCUT2D eigenvalue weighted by Crippen LogP contribution is -2.47. The van der Waals surface area contributed by atoms with Gasteiger partial charge in [-0.15, -0.1) is 0 Å². The zero-order chi connectivity index (χ0) is 14.8. The number of halogens is 2. The molecule has 2 N–H and O–H groups in total. The van der Waals surface area contributed by atoms with E-state index in [1.54, 1.807) is 6.07 Å². The number of carboxylic acid groups (broad SMARTS) is 1. The van der Waals surface area contributed by atoms with E-state index in [1.807, 2.05) is 5.32 Å². The zero-order valence-electron chi connectivity index (χ0n) is 10.7. The van der Waals surface area contributed by atoms with Gasteiger partial charge in [0.15, 0.2) is 0 Å². The third kappa shape index (κ3) is 3.31. The average Bonchev–Trinajstić information content (AvgIpc) is 3.22. The Balaban J connectivity index is 2.07. The summed E-state index contributed by atoms with van der Waals surface area (Å²) in [5, 5.41) is 10.9. The highest BCUT2D eigenvalue weighted by Gasteiger charge is 2.43. The molecule has 1 amide bonds. The first-order valence-electron chi connectivity index (χ1n) is 6.38. The molecular formula is C14H15F2NO3. The van der Waals surface area contributed by atoms with Crippen LogP contribution >= 0.6 is 0 Å². The van der Waals surface area contributed by atoms with E-state index in [1.165, 1.54) is 12.1 Å². The van der Waals surface area contributed by atoms with Crippen LogP contribution in [0.4, 0.5) is 8.78 Å². The Morgan fingerprint density at radius 1 is 1.30 bits per heavy atom. The van der Waals surface area contributed by atoms with Crippen LogP contribution in [0.25, 0.3) is 0 Å². The second kappa shape index (κ2) is 5.56. The molecule has 0 spiro atoms. The molecule has 1 atom stereocenters. The predicted molar refractivity (Wildman–Crippen MR) is 67.2 cm³/mol. The molecule has 108 valence electrons. The number of aliphatic carboxylic acids is 1. The molecule has 6 heteroatoms. The van der Waals surface area contributed by atoms with Crippen molar-refractivity contribution >= 4 is 11.9 Å². The highest BCUT2D eigenvalue weighted by atomic mass is 19.3. The number of rotatable bonds is 6. The summed E-state index contributed by atoms with van der Waals surface area (Å²) >= 11 is 0. The normalized spacial score (nSPS) is 16.5. The van der Waals surface area contributed by atoms with Crippen molar-refractivity contribution in [3.8, 4) is 0 Å². The van der Waals surface area contributed by atoms with Crippen LogP contribution in [0.1, 0.15) is 24.8 Å².